The molecule has 1 unspecified atom stereocenters. The average molecular weight is 396 g/mol. The molecule has 0 aliphatic rings. The van der Waals surface area contributed by atoms with Crippen LogP contribution in [-0.4, -0.2) is 34.8 Å². The fourth-order valence-electron chi connectivity index (χ4n) is 2.48. The monoisotopic (exact) mass is 396 g/mol. The molecule has 0 bridgehead atoms. The van der Waals surface area contributed by atoms with Crippen molar-refractivity contribution < 1.29 is 27.1 Å². The highest BCUT2D eigenvalue weighted by atomic mass is 32.2. The van der Waals surface area contributed by atoms with Gasteiger partial charge in [-0.1, -0.05) is 12.1 Å². The lowest BCUT2D eigenvalue weighted by Crippen LogP contribution is -2.30. The molecule has 2 aromatic rings. The van der Waals surface area contributed by atoms with E-state index in [0.717, 1.165) is 6.26 Å². The number of rotatable bonds is 8. The molecule has 0 radical (unpaired) electrons. The molecule has 0 aromatic heterocycles. The molecule has 2 rings (SSSR count). The molecule has 1 amide bonds. The lowest BCUT2D eigenvalue weighted by Gasteiger charge is -2.18. The van der Waals surface area contributed by atoms with Crippen LogP contribution in [0.25, 0.3) is 0 Å². The van der Waals surface area contributed by atoms with Crippen LogP contribution < -0.4 is 19.5 Å². The van der Waals surface area contributed by atoms with Gasteiger partial charge in [0.2, 0.25) is 15.9 Å². The molecule has 2 N–H and O–H groups in total. The average Bonchev–Trinajstić information content (AvgIpc) is 2.60. The van der Waals surface area contributed by atoms with Gasteiger partial charge in [0, 0.05) is 12.5 Å². The number of nitrogens with one attached hydrogen (secondary N) is 2. The molecule has 0 saturated heterocycles. The molecule has 27 heavy (non-hydrogen) atoms. The van der Waals surface area contributed by atoms with Crippen LogP contribution in [0, 0.1) is 5.82 Å². The van der Waals surface area contributed by atoms with E-state index in [2.05, 4.69) is 10.0 Å². The quantitative estimate of drug-likeness (QED) is 0.715. The van der Waals surface area contributed by atoms with Gasteiger partial charge >= 0.3 is 0 Å². The molecule has 0 aliphatic heterocycles. The number of halogens is 1. The highest BCUT2D eigenvalue weighted by Crippen LogP contribution is 2.29. The summed E-state index contributed by atoms with van der Waals surface area (Å²) in [6, 6.07) is 9.33. The standard InChI is InChI=1S/C18H21FN2O5S/c1-25-14-8-9-17(26-2)16(10-14)20-18(22)11-15(21-27(3,23)24)12-4-6-13(19)7-5-12/h4-10,15,21H,11H2,1-3H3,(H,20,22). The van der Waals surface area contributed by atoms with Gasteiger partial charge in [-0.05, 0) is 29.8 Å². The second kappa shape index (κ2) is 8.83. The number of hydrogen-bond donors (Lipinski definition) is 2. The third-order valence-corrected chi connectivity index (χ3v) is 4.41. The largest absolute Gasteiger partial charge is 0.497 e. The number of ether oxygens (including phenoxy) is 2. The van der Waals surface area contributed by atoms with Crippen molar-refractivity contribution in [1.29, 1.82) is 0 Å². The van der Waals surface area contributed by atoms with E-state index in [1.54, 1.807) is 18.2 Å². The van der Waals surface area contributed by atoms with E-state index in [0.29, 0.717) is 22.7 Å². The highest BCUT2D eigenvalue weighted by molar-refractivity contribution is 7.88. The maximum Gasteiger partial charge on any atom is 0.226 e. The van der Waals surface area contributed by atoms with Crippen LogP contribution in [0.15, 0.2) is 42.5 Å². The van der Waals surface area contributed by atoms with Crippen molar-refractivity contribution in [3.8, 4) is 11.5 Å². The number of amides is 1. The van der Waals surface area contributed by atoms with Gasteiger partial charge in [0.15, 0.2) is 0 Å². The second-order valence-corrected chi connectivity index (χ2v) is 7.59. The van der Waals surface area contributed by atoms with Crippen molar-refractivity contribution in [3.05, 3.63) is 53.8 Å². The summed E-state index contributed by atoms with van der Waals surface area (Å²) in [6.07, 6.45) is 0.797. The van der Waals surface area contributed by atoms with Crippen molar-refractivity contribution in [3.63, 3.8) is 0 Å². The van der Waals surface area contributed by atoms with Crippen LogP contribution >= 0.6 is 0 Å². The summed E-state index contributed by atoms with van der Waals surface area (Å²) in [4.78, 5) is 12.5. The second-order valence-electron chi connectivity index (χ2n) is 5.81. The molecule has 9 heteroatoms. The van der Waals surface area contributed by atoms with Crippen molar-refractivity contribution in [1.82, 2.24) is 4.72 Å². The Kier molecular flexibility index (Phi) is 6.75. The molecule has 1 atom stereocenters. The van der Waals surface area contributed by atoms with Crippen LogP contribution in [0.2, 0.25) is 0 Å². The maximum absolute atomic E-state index is 13.1. The third kappa shape index (κ3) is 6.22. The summed E-state index contributed by atoms with van der Waals surface area (Å²) < 4.78 is 49.2. The minimum atomic E-state index is -3.59. The van der Waals surface area contributed by atoms with Crippen molar-refractivity contribution in [2.45, 2.75) is 12.5 Å². The molecule has 0 spiro atoms. The zero-order chi connectivity index (χ0) is 20.0. The Labute approximate surface area is 157 Å². The minimum absolute atomic E-state index is 0.195. The van der Waals surface area contributed by atoms with Gasteiger partial charge in [-0.15, -0.1) is 0 Å². The Balaban J connectivity index is 2.22. The van der Waals surface area contributed by atoms with Crippen molar-refractivity contribution in [2.24, 2.45) is 0 Å². The van der Waals surface area contributed by atoms with Crippen LogP contribution in [0.5, 0.6) is 11.5 Å². The van der Waals surface area contributed by atoms with Gasteiger partial charge in [0.1, 0.15) is 17.3 Å². The van der Waals surface area contributed by atoms with Gasteiger partial charge < -0.3 is 14.8 Å². The number of hydrogen-bond acceptors (Lipinski definition) is 5. The number of anilines is 1. The SMILES string of the molecule is COc1ccc(OC)c(NC(=O)CC(NS(C)(=O)=O)c2ccc(F)cc2)c1. The number of methoxy groups -OCH3 is 2. The van der Waals surface area contributed by atoms with Crippen molar-refractivity contribution >= 4 is 21.6 Å². The van der Waals surface area contributed by atoms with E-state index >= 15 is 0 Å². The topological polar surface area (TPSA) is 93.7 Å². The Morgan fingerprint density at radius 3 is 2.33 bits per heavy atom. The van der Waals surface area contributed by atoms with Gasteiger partial charge in [-0.3, -0.25) is 4.79 Å². The molecule has 0 heterocycles. The third-order valence-electron chi connectivity index (χ3n) is 3.70. The summed E-state index contributed by atoms with van der Waals surface area (Å²) in [6.45, 7) is 0. The Bertz CT molecular complexity index is 900. The highest BCUT2D eigenvalue weighted by Gasteiger charge is 2.21. The van der Waals surface area contributed by atoms with Gasteiger partial charge in [-0.2, -0.15) is 0 Å². The Morgan fingerprint density at radius 1 is 1.11 bits per heavy atom. The summed E-state index contributed by atoms with van der Waals surface area (Å²) in [5.74, 6) is 0.0449. The Morgan fingerprint density at radius 2 is 1.78 bits per heavy atom. The first-order valence-corrected chi connectivity index (χ1v) is 9.85. The zero-order valence-corrected chi connectivity index (χ0v) is 16.0. The lowest BCUT2D eigenvalue weighted by atomic mass is 10.0. The summed E-state index contributed by atoms with van der Waals surface area (Å²) in [5, 5.41) is 2.68. The molecule has 7 nitrogen and oxygen atoms in total. The molecule has 0 saturated carbocycles. The van der Waals surface area contributed by atoms with E-state index in [-0.39, 0.29) is 6.42 Å². The first-order chi connectivity index (χ1) is 12.7. The van der Waals surface area contributed by atoms with Crippen LogP contribution in [-0.2, 0) is 14.8 Å². The lowest BCUT2D eigenvalue weighted by molar-refractivity contribution is -0.116. The number of carbonyl (C=O) groups excluding carboxylic acids is 1. The zero-order valence-electron chi connectivity index (χ0n) is 15.2. The van der Waals surface area contributed by atoms with Gasteiger partial charge in [-0.25, -0.2) is 17.5 Å². The van der Waals surface area contributed by atoms with Crippen LogP contribution in [0.4, 0.5) is 10.1 Å². The molecular formula is C18H21FN2O5S. The molecule has 2 aromatic carbocycles. The molecular weight excluding hydrogens is 375 g/mol. The van der Waals surface area contributed by atoms with E-state index in [4.69, 9.17) is 9.47 Å². The number of benzene rings is 2. The maximum atomic E-state index is 13.1. The van der Waals surface area contributed by atoms with Crippen molar-refractivity contribution in [2.75, 3.05) is 25.8 Å². The fraction of sp³-hybridized carbons (Fsp3) is 0.278. The summed E-state index contributed by atoms with van der Waals surface area (Å²) in [5.41, 5.74) is 0.855. The first-order valence-electron chi connectivity index (χ1n) is 7.96. The van der Waals surface area contributed by atoms with Crippen LogP contribution in [0.1, 0.15) is 18.0 Å². The van der Waals surface area contributed by atoms with Gasteiger partial charge in [0.05, 0.1) is 32.2 Å². The first kappa shape index (κ1) is 20.7. The number of sulfonamides is 1. The smallest absolute Gasteiger partial charge is 0.226 e. The van der Waals surface area contributed by atoms with E-state index in [1.165, 1.54) is 38.5 Å². The Hall–Kier alpha value is -2.65. The normalized spacial score (nSPS) is 12.3. The van der Waals surface area contributed by atoms with Crippen LogP contribution in [0.3, 0.4) is 0 Å². The minimum Gasteiger partial charge on any atom is -0.497 e. The molecule has 0 aliphatic carbocycles. The fourth-order valence-corrected chi connectivity index (χ4v) is 3.22. The number of carbonyl (C=O) groups is 1. The van der Waals surface area contributed by atoms with E-state index < -0.39 is 27.8 Å². The predicted octanol–water partition coefficient (Wildman–Crippen LogP) is 2.46. The summed E-state index contributed by atoms with van der Waals surface area (Å²) in [7, 11) is -0.636. The predicted molar refractivity (Wildman–Crippen MR) is 99.9 cm³/mol. The van der Waals surface area contributed by atoms with Gasteiger partial charge in [0.25, 0.3) is 0 Å². The van der Waals surface area contributed by atoms with E-state index in [1.807, 2.05) is 0 Å². The van der Waals surface area contributed by atoms with E-state index in [9.17, 15) is 17.6 Å². The molecule has 146 valence electrons. The molecule has 0 fully saturated rings. The summed E-state index contributed by atoms with van der Waals surface area (Å²) >= 11 is 0.